The minimum absolute atomic E-state index is 0.176. The molecule has 0 saturated heterocycles. The molecule has 2 heterocycles. The molecule has 146 valence electrons. The van der Waals surface area contributed by atoms with Crippen molar-refractivity contribution in [3.05, 3.63) is 78.0 Å². The molecule has 0 atom stereocenters. The Hall–Kier alpha value is -3.67. The molecule has 0 aliphatic carbocycles. The highest BCUT2D eigenvalue weighted by molar-refractivity contribution is 6.03. The lowest BCUT2D eigenvalue weighted by Crippen LogP contribution is -2.07. The van der Waals surface area contributed by atoms with Gasteiger partial charge in [-0.3, -0.25) is 0 Å². The quantitative estimate of drug-likeness (QED) is 0.456. The Morgan fingerprint density at radius 3 is 2.52 bits per heavy atom. The number of aryl methyl sites for hydroxylation is 1. The normalized spacial score (nSPS) is 10.8. The van der Waals surface area contributed by atoms with E-state index in [0.29, 0.717) is 28.8 Å². The summed E-state index contributed by atoms with van der Waals surface area (Å²) in [7, 11) is 1.62. The number of aromatic nitrogens is 3. The minimum atomic E-state index is -0.402. The summed E-state index contributed by atoms with van der Waals surface area (Å²) in [6.45, 7) is 2.83. The fraction of sp³-hybridized carbons (Fsp3) is 0.174. The molecule has 0 unspecified atom stereocenters. The molecule has 29 heavy (non-hydrogen) atoms. The summed E-state index contributed by atoms with van der Waals surface area (Å²) in [5.74, 6) is 0.358. The van der Waals surface area contributed by atoms with Crippen LogP contribution in [0.25, 0.3) is 22.3 Å². The van der Waals surface area contributed by atoms with Crippen LogP contribution >= 0.6 is 0 Å². The third-order valence-corrected chi connectivity index (χ3v) is 4.73. The molecule has 6 heteroatoms. The maximum Gasteiger partial charge on any atom is 0.339 e. The summed E-state index contributed by atoms with van der Waals surface area (Å²) < 4.78 is 12.5. The SMILES string of the molecule is CCn1ncc2c(C(=O)OCc3ccc(OC)cc3)cc(-c3ccccc3)nc21. The number of benzene rings is 2. The number of esters is 1. The predicted octanol–water partition coefficient (Wildman–Crippen LogP) is 4.48. The van der Waals surface area contributed by atoms with Gasteiger partial charge in [0, 0.05) is 12.1 Å². The lowest BCUT2D eigenvalue weighted by atomic mass is 10.1. The largest absolute Gasteiger partial charge is 0.497 e. The van der Waals surface area contributed by atoms with Crippen molar-refractivity contribution in [2.24, 2.45) is 0 Å². The van der Waals surface area contributed by atoms with Crippen molar-refractivity contribution >= 4 is 17.0 Å². The summed E-state index contributed by atoms with van der Waals surface area (Å²) in [5, 5.41) is 5.05. The van der Waals surface area contributed by atoms with Crippen LogP contribution in [0.3, 0.4) is 0 Å². The van der Waals surface area contributed by atoms with Gasteiger partial charge in [0.2, 0.25) is 0 Å². The monoisotopic (exact) mass is 387 g/mol. The zero-order valence-corrected chi connectivity index (χ0v) is 16.3. The van der Waals surface area contributed by atoms with E-state index in [9.17, 15) is 4.79 Å². The molecule has 0 radical (unpaired) electrons. The first kappa shape index (κ1) is 18.7. The van der Waals surface area contributed by atoms with E-state index >= 15 is 0 Å². The molecule has 0 aliphatic rings. The fourth-order valence-corrected chi connectivity index (χ4v) is 3.15. The molecule has 0 fully saturated rings. The Morgan fingerprint density at radius 1 is 1.07 bits per heavy atom. The Labute approximate surface area is 168 Å². The van der Waals surface area contributed by atoms with Crippen molar-refractivity contribution < 1.29 is 14.3 Å². The van der Waals surface area contributed by atoms with Gasteiger partial charge in [0.15, 0.2) is 5.65 Å². The van der Waals surface area contributed by atoms with E-state index in [1.807, 2.05) is 61.5 Å². The van der Waals surface area contributed by atoms with E-state index in [4.69, 9.17) is 14.5 Å². The molecular formula is C23H21N3O3. The molecule has 2 aromatic carbocycles. The number of carbonyl (C=O) groups excluding carboxylic acids is 1. The Kier molecular flexibility index (Phi) is 5.24. The Balaban J connectivity index is 1.67. The minimum Gasteiger partial charge on any atom is -0.497 e. The molecule has 0 saturated carbocycles. The molecular weight excluding hydrogens is 366 g/mol. The molecule has 4 rings (SSSR count). The van der Waals surface area contributed by atoms with Crippen LogP contribution in [0.2, 0.25) is 0 Å². The summed E-state index contributed by atoms with van der Waals surface area (Å²) in [6.07, 6.45) is 1.67. The van der Waals surface area contributed by atoms with Crippen molar-refractivity contribution in [2.75, 3.05) is 7.11 Å². The lowest BCUT2D eigenvalue weighted by molar-refractivity contribution is 0.0475. The number of fused-ring (bicyclic) bond motifs is 1. The summed E-state index contributed by atoms with van der Waals surface area (Å²) in [6, 6.07) is 19.0. The van der Waals surface area contributed by atoms with Crippen LogP contribution in [0.4, 0.5) is 0 Å². The highest BCUT2D eigenvalue weighted by atomic mass is 16.5. The zero-order chi connectivity index (χ0) is 20.2. The van der Waals surface area contributed by atoms with E-state index in [-0.39, 0.29) is 6.61 Å². The summed E-state index contributed by atoms with van der Waals surface area (Å²) in [5.41, 5.74) is 3.66. The maximum atomic E-state index is 12.9. The lowest BCUT2D eigenvalue weighted by Gasteiger charge is -2.09. The van der Waals surface area contributed by atoms with Gasteiger partial charge in [-0.2, -0.15) is 5.10 Å². The molecule has 2 aromatic heterocycles. The van der Waals surface area contributed by atoms with Crippen molar-refractivity contribution in [1.82, 2.24) is 14.8 Å². The van der Waals surface area contributed by atoms with Crippen LogP contribution in [0.15, 0.2) is 66.9 Å². The van der Waals surface area contributed by atoms with Crippen molar-refractivity contribution in [3.8, 4) is 17.0 Å². The molecule has 0 N–H and O–H groups in total. The number of hydrogen-bond donors (Lipinski definition) is 0. The number of pyridine rings is 1. The first-order valence-corrected chi connectivity index (χ1v) is 9.41. The predicted molar refractivity (Wildman–Crippen MR) is 111 cm³/mol. The average Bonchev–Trinajstić information content (AvgIpc) is 3.21. The fourth-order valence-electron chi connectivity index (χ4n) is 3.15. The van der Waals surface area contributed by atoms with Gasteiger partial charge in [0.05, 0.1) is 30.0 Å². The van der Waals surface area contributed by atoms with Crippen LogP contribution in [0.1, 0.15) is 22.8 Å². The molecule has 0 spiro atoms. The van der Waals surface area contributed by atoms with Gasteiger partial charge in [-0.05, 0) is 30.7 Å². The topological polar surface area (TPSA) is 66.2 Å². The smallest absolute Gasteiger partial charge is 0.339 e. The molecule has 6 nitrogen and oxygen atoms in total. The molecule has 4 aromatic rings. The first-order valence-electron chi connectivity index (χ1n) is 9.41. The van der Waals surface area contributed by atoms with Crippen molar-refractivity contribution in [2.45, 2.75) is 20.1 Å². The second-order valence-electron chi connectivity index (χ2n) is 6.54. The van der Waals surface area contributed by atoms with Crippen LogP contribution in [-0.2, 0) is 17.9 Å². The third-order valence-electron chi connectivity index (χ3n) is 4.73. The Morgan fingerprint density at radius 2 is 1.83 bits per heavy atom. The van der Waals surface area contributed by atoms with Crippen LogP contribution in [0.5, 0.6) is 5.75 Å². The molecule has 0 bridgehead atoms. The van der Waals surface area contributed by atoms with Gasteiger partial charge in [0.25, 0.3) is 0 Å². The van der Waals surface area contributed by atoms with Gasteiger partial charge in [-0.25, -0.2) is 14.5 Å². The highest BCUT2D eigenvalue weighted by Gasteiger charge is 2.18. The number of hydrogen-bond acceptors (Lipinski definition) is 5. The standard InChI is InChI=1S/C23H21N3O3/c1-3-26-22-20(14-24-26)19(13-21(25-22)17-7-5-4-6-8-17)23(27)29-15-16-9-11-18(28-2)12-10-16/h4-14H,3,15H2,1-2H3. The summed E-state index contributed by atoms with van der Waals surface area (Å²) >= 11 is 0. The van der Waals surface area contributed by atoms with E-state index in [1.165, 1.54) is 0 Å². The first-order chi connectivity index (χ1) is 14.2. The van der Waals surface area contributed by atoms with E-state index in [0.717, 1.165) is 16.9 Å². The number of methoxy groups -OCH3 is 1. The highest BCUT2D eigenvalue weighted by Crippen LogP contribution is 2.26. The Bertz CT molecular complexity index is 1140. The number of rotatable bonds is 6. The van der Waals surface area contributed by atoms with Crippen molar-refractivity contribution in [3.63, 3.8) is 0 Å². The van der Waals surface area contributed by atoms with Crippen molar-refractivity contribution in [1.29, 1.82) is 0 Å². The summed E-state index contributed by atoms with van der Waals surface area (Å²) in [4.78, 5) is 17.7. The average molecular weight is 387 g/mol. The van der Waals surface area contributed by atoms with Gasteiger partial charge in [-0.1, -0.05) is 42.5 Å². The van der Waals surface area contributed by atoms with Gasteiger partial charge in [0.1, 0.15) is 12.4 Å². The van der Waals surface area contributed by atoms with E-state index in [2.05, 4.69) is 5.10 Å². The molecule has 0 amide bonds. The van der Waals surface area contributed by atoms with Crippen LogP contribution in [0, 0.1) is 0 Å². The number of carbonyl (C=O) groups is 1. The molecule has 0 aliphatic heterocycles. The van der Waals surface area contributed by atoms with E-state index in [1.54, 1.807) is 24.1 Å². The second-order valence-corrected chi connectivity index (χ2v) is 6.54. The van der Waals surface area contributed by atoms with E-state index < -0.39 is 5.97 Å². The second kappa shape index (κ2) is 8.14. The maximum absolute atomic E-state index is 12.9. The number of nitrogens with zero attached hydrogens (tertiary/aromatic N) is 3. The third kappa shape index (κ3) is 3.82. The zero-order valence-electron chi connectivity index (χ0n) is 16.3. The van der Waals surface area contributed by atoms with Gasteiger partial charge >= 0.3 is 5.97 Å². The van der Waals surface area contributed by atoms with Crippen LogP contribution in [-0.4, -0.2) is 27.8 Å². The number of ether oxygens (including phenoxy) is 2. The van der Waals surface area contributed by atoms with Crippen LogP contribution < -0.4 is 4.74 Å². The van der Waals surface area contributed by atoms with Gasteiger partial charge in [-0.15, -0.1) is 0 Å². The van der Waals surface area contributed by atoms with Gasteiger partial charge < -0.3 is 9.47 Å².